The molecule has 1 aliphatic heterocycles. The molecule has 6 nitrogen and oxygen atoms in total. The maximum absolute atomic E-state index is 11.2. The first-order valence-electron chi connectivity index (χ1n) is 13.8. The molecule has 5 rings (SSSR count). The highest BCUT2D eigenvalue weighted by Gasteiger charge is 2.47. The fourth-order valence-electron chi connectivity index (χ4n) is 4.91. The molecule has 4 aromatic carbocycles. The van der Waals surface area contributed by atoms with E-state index in [1.54, 1.807) is 0 Å². The minimum atomic E-state index is -1.17. The smallest absolute Gasteiger partial charge is 0.184 e. The number of rotatable bonds is 13. The number of hydrogen-bond acceptors (Lipinski definition) is 6. The Bertz CT molecular complexity index is 1240. The van der Waals surface area contributed by atoms with Gasteiger partial charge in [-0.05, 0) is 35.4 Å². The van der Waals surface area contributed by atoms with Gasteiger partial charge in [-0.15, -0.1) is 0 Å². The predicted molar refractivity (Wildman–Crippen MR) is 153 cm³/mol. The number of para-hydroxylation sites is 2. The SMILES string of the molecule is OC1O[C@H](CCOc2ccccc2)[C@@H](COc2ccccc2)[C@H](OCc2ccccc2)[C@H]1OCc1ccccc1. The van der Waals surface area contributed by atoms with Crippen LogP contribution in [0, 0.1) is 5.92 Å². The van der Waals surface area contributed by atoms with Crippen molar-refractivity contribution >= 4 is 0 Å². The van der Waals surface area contributed by atoms with Crippen molar-refractivity contribution in [3.05, 3.63) is 132 Å². The van der Waals surface area contributed by atoms with Crippen LogP contribution in [-0.4, -0.2) is 42.9 Å². The first kappa shape index (κ1) is 27.9. The average Bonchev–Trinajstić information content (AvgIpc) is 3.01. The summed E-state index contributed by atoms with van der Waals surface area (Å²) in [5.41, 5.74) is 2.05. The molecule has 40 heavy (non-hydrogen) atoms. The summed E-state index contributed by atoms with van der Waals surface area (Å²) in [7, 11) is 0. The monoisotopic (exact) mass is 540 g/mol. The molecule has 1 N–H and O–H groups in total. The van der Waals surface area contributed by atoms with Crippen LogP contribution in [0.5, 0.6) is 11.5 Å². The Kier molecular flexibility index (Phi) is 10.2. The highest BCUT2D eigenvalue weighted by Crippen LogP contribution is 2.33. The Morgan fingerprint density at radius 2 is 1.05 bits per heavy atom. The molecule has 0 saturated carbocycles. The third-order valence-corrected chi connectivity index (χ3v) is 6.99. The zero-order valence-electron chi connectivity index (χ0n) is 22.5. The van der Waals surface area contributed by atoms with Crippen LogP contribution >= 0.6 is 0 Å². The van der Waals surface area contributed by atoms with Crippen molar-refractivity contribution in [2.45, 2.75) is 44.2 Å². The van der Waals surface area contributed by atoms with Crippen molar-refractivity contribution in [2.75, 3.05) is 13.2 Å². The Hall–Kier alpha value is -3.68. The lowest BCUT2D eigenvalue weighted by molar-refractivity contribution is -0.295. The van der Waals surface area contributed by atoms with Crippen LogP contribution in [0.15, 0.2) is 121 Å². The van der Waals surface area contributed by atoms with E-state index in [4.69, 9.17) is 23.7 Å². The van der Waals surface area contributed by atoms with Crippen LogP contribution in [0.3, 0.4) is 0 Å². The van der Waals surface area contributed by atoms with Gasteiger partial charge in [-0.1, -0.05) is 97.1 Å². The number of benzene rings is 4. The van der Waals surface area contributed by atoms with Gasteiger partial charge < -0.3 is 28.8 Å². The van der Waals surface area contributed by atoms with E-state index in [-0.39, 0.29) is 12.0 Å². The van der Waals surface area contributed by atoms with Crippen LogP contribution in [0.4, 0.5) is 0 Å². The van der Waals surface area contributed by atoms with E-state index >= 15 is 0 Å². The van der Waals surface area contributed by atoms with Gasteiger partial charge in [0.1, 0.15) is 17.6 Å². The molecular weight excluding hydrogens is 504 g/mol. The summed E-state index contributed by atoms with van der Waals surface area (Å²) < 4.78 is 31.3. The van der Waals surface area contributed by atoms with Crippen molar-refractivity contribution in [1.29, 1.82) is 0 Å². The van der Waals surface area contributed by atoms with E-state index in [1.165, 1.54) is 0 Å². The van der Waals surface area contributed by atoms with E-state index in [1.807, 2.05) is 121 Å². The van der Waals surface area contributed by atoms with Gasteiger partial charge in [0.05, 0.1) is 38.6 Å². The van der Waals surface area contributed by atoms with Gasteiger partial charge in [-0.25, -0.2) is 0 Å². The molecule has 5 atom stereocenters. The molecule has 0 bridgehead atoms. The van der Waals surface area contributed by atoms with Crippen molar-refractivity contribution in [3.63, 3.8) is 0 Å². The predicted octanol–water partition coefficient (Wildman–Crippen LogP) is 6.04. The molecule has 1 fully saturated rings. The van der Waals surface area contributed by atoms with Gasteiger partial charge in [-0.3, -0.25) is 0 Å². The topological polar surface area (TPSA) is 66.4 Å². The Labute approximate surface area is 236 Å². The van der Waals surface area contributed by atoms with Crippen LogP contribution in [0.25, 0.3) is 0 Å². The molecule has 0 radical (unpaired) electrons. The molecule has 1 heterocycles. The zero-order valence-corrected chi connectivity index (χ0v) is 22.5. The molecule has 1 saturated heterocycles. The van der Waals surface area contributed by atoms with Crippen LogP contribution in [-0.2, 0) is 27.4 Å². The fraction of sp³-hybridized carbons (Fsp3) is 0.294. The molecular formula is C34H36O6. The summed E-state index contributed by atoms with van der Waals surface area (Å²) in [4.78, 5) is 0. The number of ether oxygens (including phenoxy) is 5. The number of aliphatic hydroxyl groups excluding tert-OH is 1. The quantitative estimate of drug-likeness (QED) is 0.223. The summed E-state index contributed by atoms with van der Waals surface area (Å²) in [5.74, 6) is 1.32. The largest absolute Gasteiger partial charge is 0.493 e. The highest BCUT2D eigenvalue weighted by atomic mass is 16.7. The molecule has 4 aromatic rings. The average molecular weight is 541 g/mol. The van der Waals surface area contributed by atoms with Gasteiger partial charge in [0.15, 0.2) is 6.29 Å². The van der Waals surface area contributed by atoms with E-state index in [2.05, 4.69) is 0 Å². The Balaban J connectivity index is 1.36. The third kappa shape index (κ3) is 7.93. The molecule has 0 aromatic heterocycles. The zero-order chi connectivity index (χ0) is 27.4. The first-order valence-corrected chi connectivity index (χ1v) is 13.8. The standard InChI is InChI=1S/C34H36O6/c35-34-33(39-24-27-15-7-2-8-16-27)32(38-23-26-13-5-1-6-14-26)30(25-37-29-19-11-4-12-20-29)31(40-34)21-22-36-28-17-9-3-10-18-28/h1-20,30-35H,21-25H2/t30-,31-,32+,33-,34?/m1/s1. The van der Waals surface area contributed by atoms with Crippen LogP contribution < -0.4 is 9.47 Å². The minimum absolute atomic E-state index is 0.229. The van der Waals surface area contributed by atoms with Crippen molar-refractivity contribution in [3.8, 4) is 11.5 Å². The summed E-state index contributed by atoms with van der Waals surface area (Å²) >= 11 is 0. The minimum Gasteiger partial charge on any atom is -0.493 e. The van der Waals surface area contributed by atoms with Gasteiger partial charge >= 0.3 is 0 Å². The maximum Gasteiger partial charge on any atom is 0.184 e. The molecule has 6 heteroatoms. The summed E-state index contributed by atoms with van der Waals surface area (Å²) in [6.07, 6.45) is -2.19. The third-order valence-electron chi connectivity index (χ3n) is 6.99. The Morgan fingerprint density at radius 3 is 1.60 bits per heavy atom. The lowest BCUT2D eigenvalue weighted by Crippen LogP contribution is -2.58. The van der Waals surface area contributed by atoms with Crippen molar-refractivity contribution in [1.82, 2.24) is 0 Å². The molecule has 0 aliphatic carbocycles. The summed E-state index contributed by atoms with van der Waals surface area (Å²) in [5, 5.41) is 11.2. The van der Waals surface area contributed by atoms with Crippen molar-refractivity contribution in [2.24, 2.45) is 5.92 Å². The van der Waals surface area contributed by atoms with E-state index in [0.29, 0.717) is 32.8 Å². The Morgan fingerprint density at radius 1 is 0.575 bits per heavy atom. The maximum atomic E-state index is 11.2. The van der Waals surface area contributed by atoms with E-state index in [9.17, 15) is 5.11 Å². The van der Waals surface area contributed by atoms with Crippen LogP contribution in [0.1, 0.15) is 17.5 Å². The molecule has 1 unspecified atom stereocenters. The molecule has 1 aliphatic rings. The van der Waals surface area contributed by atoms with Crippen molar-refractivity contribution < 1.29 is 28.8 Å². The molecule has 0 amide bonds. The normalized spacial score (nSPS) is 22.5. The lowest BCUT2D eigenvalue weighted by atomic mass is 9.87. The second kappa shape index (κ2) is 14.6. The second-order valence-corrected chi connectivity index (χ2v) is 9.83. The molecule has 208 valence electrons. The van der Waals surface area contributed by atoms with E-state index < -0.39 is 18.5 Å². The number of aliphatic hydroxyl groups is 1. The number of hydrogen-bond donors (Lipinski definition) is 1. The van der Waals surface area contributed by atoms with Gasteiger partial charge in [0, 0.05) is 12.3 Å². The summed E-state index contributed by atoms with van der Waals surface area (Å²) in [6.45, 7) is 1.45. The van der Waals surface area contributed by atoms with Gasteiger partial charge in [-0.2, -0.15) is 0 Å². The van der Waals surface area contributed by atoms with Gasteiger partial charge in [0.25, 0.3) is 0 Å². The lowest BCUT2D eigenvalue weighted by Gasteiger charge is -2.44. The van der Waals surface area contributed by atoms with Gasteiger partial charge in [0.2, 0.25) is 0 Å². The van der Waals surface area contributed by atoms with E-state index in [0.717, 1.165) is 22.6 Å². The summed E-state index contributed by atoms with van der Waals surface area (Å²) in [6, 6.07) is 39.3. The second-order valence-electron chi connectivity index (χ2n) is 9.83. The van der Waals surface area contributed by atoms with Crippen LogP contribution in [0.2, 0.25) is 0 Å². The highest BCUT2D eigenvalue weighted by molar-refractivity contribution is 5.22. The fourth-order valence-corrected chi connectivity index (χ4v) is 4.91. The molecule has 0 spiro atoms. The first-order chi connectivity index (χ1) is 19.8.